The molecule has 0 saturated heterocycles. The van der Waals surface area contributed by atoms with Gasteiger partial charge in [-0.25, -0.2) is 4.98 Å². The van der Waals surface area contributed by atoms with Crippen LogP contribution in [0.5, 0.6) is 0 Å². The van der Waals surface area contributed by atoms with E-state index < -0.39 is 0 Å². The third kappa shape index (κ3) is 4.82. The van der Waals surface area contributed by atoms with Gasteiger partial charge in [0.05, 0.1) is 5.75 Å². The fraction of sp³-hybridized carbons (Fsp3) is 0.471. The summed E-state index contributed by atoms with van der Waals surface area (Å²) >= 11 is 1.37. The van der Waals surface area contributed by atoms with E-state index in [0.29, 0.717) is 16.8 Å². The number of hydrogen-bond acceptors (Lipinski definition) is 4. The number of carbonyl (C=O) groups is 1. The zero-order chi connectivity index (χ0) is 15.9. The predicted molar refractivity (Wildman–Crippen MR) is 92.1 cm³/mol. The molecule has 1 aromatic carbocycles. The van der Waals surface area contributed by atoms with Gasteiger partial charge < -0.3 is 5.32 Å². The number of amides is 1. The molecule has 1 fully saturated rings. The number of rotatable bonds is 6. The summed E-state index contributed by atoms with van der Waals surface area (Å²) in [7, 11) is 0. The highest BCUT2D eigenvalue weighted by molar-refractivity contribution is 7.99. The molecule has 3 rings (SSSR count). The second-order valence-corrected chi connectivity index (χ2v) is 6.87. The van der Waals surface area contributed by atoms with E-state index in [-0.39, 0.29) is 5.91 Å². The largest absolute Gasteiger partial charge is 0.355 e. The quantitative estimate of drug-likeness (QED) is 0.798. The molecule has 6 heteroatoms. The van der Waals surface area contributed by atoms with E-state index in [0.717, 1.165) is 17.9 Å². The second kappa shape index (κ2) is 8.15. The van der Waals surface area contributed by atoms with Gasteiger partial charge in [0.2, 0.25) is 11.1 Å². The molecule has 1 aliphatic rings. The molecular formula is C17H22N4OS. The number of hydrogen-bond donors (Lipinski definition) is 2. The number of nitrogens with zero attached hydrogens (tertiary/aromatic N) is 2. The molecule has 122 valence electrons. The summed E-state index contributed by atoms with van der Waals surface area (Å²) in [6.07, 6.45) is 6.43. The van der Waals surface area contributed by atoms with E-state index in [1.807, 2.05) is 30.3 Å². The van der Waals surface area contributed by atoms with Crippen LogP contribution in [0, 0.1) is 5.92 Å². The Morgan fingerprint density at radius 1 is 1.22 bits per heavy atom. The van der Waals surface area contributed by atoms with E-state index in [2.05, 4.69) is 20.5 Å². The summed E-state index contributed by atoms with van der Waals surface area (Å²) in [6, 6.07) is 9.84. The molecule has 0 bridgehead atoms. The minimum atomic E-state index is 0.0617. The Labute approximate surface area is 140 Å². The lowest BCUT2D eigenvalue weighted by Gasteiger charge is -2.21. The first kappa shape index (κ1) is 16.1. The Bertz CT molecular complexity index is 623. The van der Waals surface area contributed by atoms with Crippen LogP contribution in [-0.4, -0.2) is 33.4 Å². The van der Waals surface area contributed by atoms with Gasteiger partial charge in [-0.15, -0.1) is 5.10 Å². The topological polar surface area (TPSA) is 70.7 Å². The van der Waals surface area contributed by atoms with Crippen molar-refractivity contribution in [1.29, 1.82) is 0 Å². The van der Waals surface area contributed by atoms with Gasteiger partial charge in [-0.05, 0) is 18.8 Å². The first-order chi connectivity index (χ1) is 11.3. The molecule has 0 radical (unpaired) electrons. The van der Waals surface area contributed by atoms with Crippen LogP contribution >= 0.6 is 11.8 Å². The van der Waals surface area contributed by atoms with E-state index in [9.17, 15) is 4.79 Å². The average Bonchev–Trinajstić information content (AvgIpc) is 3.09. The van der Waals surface area contributed by atoms with Crippen LogP contribution < -0.4 is 5.32 Å². The highest BCUT2D eigenvalue weighted by Gasteiger charge is 2.14. The van der Waals surface area contributed by atoms with Crippen molar-refractivity contribution in [2.45, 2.75) is 37.3 Å². The highest BCUT2D eigenvalue weighted by atomic mass is 32.2. The van der Waals surface area contributed by atoms with Crippen molar-refractivity contribution < 1.29 is 4.79 Å². The molecule has 5 nitrogen and oxygen atoms in total. The third-order valence-electron chi connectivity index (χ3n) is 4.16. The molecule has 2 aromatic rings. The average molecular weight is 330 g/mol. The molecular weight excluding hydrogens is 308 g/mol. The Hall–Kier alpha value is -1.82. The maximum absolute atomic E-state index is 11.9. The van der Waals surface area contributed by atoms with Crippen LogP contribution in [0.15, 0.2) is 35.5 Å². The number of aromatic nitrogens is 3. The minimum absolute atomic E-state index is 0.0617. The summed E-state index contributed by atoms with van der Waals surface area (Å²) in [5, 5.41) is 10.7. The van der Waals surface area contributed by atoms with Crippen LogP contribution in [0.25, 0.3) is 11.4 Å². The van der Waals surface area contributed by atoms with Crippen LogP contribution in [0.1, 0.15) is 32.1 Å². The van der Waals surface area contributed by atoms with Gasteiger partial charge in [0.1, 0.15) is 0 Å². The van der Waals surface area contributed by atoms with Crippen molar-refractivity contribution in [1.82, 2.24) is 20.5 Å². The van der Waals surface area contributed by atoms with Crippen LogP contribution in [0.3, 0.4) is 0 Å². The molecule has 1 aromatic heterocycles. The van der Waals surface area contributed by atoms with Gasteiger partial charge in [-0.3, -0.25) is 9.89 Å². The maximum Gasteiger partial charge on any atom is 0.230 e. The summed E-state index contributed by atoms with van der Waals surface area (Å²) in [5.74, 6) is 1.81. The highest BCUT2D eigenvalue weighted by Crippen LogP contribution is 2.23. The number of thioether (sulfide) groups is 1. The molecule has 0 spiro atoms. The summed E-state index contributed by atoms with van der Waals surface area (Å²) in [5.41, 5.74) is 0.994. The Kier molecular flexibility index (Phi) is 5.69. The zero-order valence-corrected chi connectivity index (χ0v) is 13.9. The first-order valence-corrected chi connectivity index (χ1v) is 9.17. The van der Waals surface area contributed by atoms with Crippen molar-refractivity contribution in [3.05, 3.63) is 30.3 Å². The third-order valence-corrected chi connectivity index (χ3v) is 5.00. The fourth-order valence-electron chi connectivity index (χ4n) is 2.87. The lowest BCUT2D eigenvalue weighted by atomic mass is 9.89. The molecule has 0 unspecified atom stereocenters. The molecule has 1 saturated carbocycles. The van der Waals surface area contributed by atoms with E-state index >= 15 is 0 Å². The van der Waals surface area contributed by atoms with Crippen molar-refractivity contribution in [3.63, 3.8) is 0 Å². The predicted octanol–water partition coefficient (Wildman–Crippen LogP) is 3.26. The molecule has 1 amide bonds. The number of benzene rings is 1. The first-order valence-electron chi connectivity index (χ1n) is 8.18. The fourth-order valence-corrected chi connectivity index (χ4v) is 3.49. The van der Waals surface area contributed by atoms with Crippen LogP contribution in [0.2, 0.25) is 0 Å². The molecule has 1 aliphatic carbocycles. The Morgan fingerprint density at radius 2 is 2.00 bits per heavy atom. The molecule has 0 aliphatic heterocycles. The standard InChI is InChI=1S/C17H22N4OS/c22-15(18-11-13-7-3-1-4-8-13)12-23-17-19-16(20-21-17)14-9-5-2-6-10-14/h2,5-6,9-10,13H,1,3-4,7-8,11-12H2,(H,18,22)(H,19,20,21). The monoisotopic (exact) mass is 330 g/mol. The van der Waals surface area contributed by atoms with Crippen LogP contribution in [-0.2, 0) is 4.79 Å². The van der Waals surface area contributed by atoms with Gasteiger partial charge in [0.25, 0.3) is 0 Å². The molecule has 23 heavy (non-hydrogen) atoms. The minimum Gasteiger partial charge on any atom is -0.355 e. The molecule has 2 N–H and O–H groups in total. The van der Waals surface area contributed by atoms with Crippen molar-refractivity contribution >= 4 is 17.7 Å². The van der Waals surface area contributed by atoms with E-state index in [1.54, 1.807) is 0 Å². The normalized spacial score (nSPS) is 15.5. The van der Waals surface area contributed by atoms with Crippen molar-refractivity contribution in [2.75, 3.05) is 12.3 Å². The van der Waals surface area contributed by atoms with Gasteiger partial charge >= 0.3 is 0 Å². The SMILES string of the molecule is O=C(CSc1n[nH]c(-c2ccccc2)n1)NCC1CCCCC1. The molecule has 0 atom stereocenters. The Morgan fingerprint density at radius 3 is 2.78 bits per heavy atom. The van der Waals surface area contributed by atoms with Gasteiger partial charge in [-0.1, -0.05) is 61.4 Å². The van der Waals surface area contributed by atoms with Crippen molar-refractivity contribution in [3.8, 4) is 11.4 Å². The van der Waals surface area contributed by atoms with Gasteiger partial charge in [0, 0.05) is 12.1 Å². The number of carbonyl (C=O) groups excluding carboxylic acids is 1. The summed E-state index contributed by atoms with van der Waals surface area (Å²) in [6.45, 7) is 0.808. The van der Waals surface area contributed by atoms with Gasteiger partial charge in [0.15, 0.2) is 5.82 Å². The number of H-pyrrole nitrogens is 1. The smallest absolute Gasteiger partial charge is 0.230 e. The summed E-state index contributed by atoms with van der Waals surface area (Å²) in [4.78, 5) is 16.4. The maximum atomic E-state index is 11.9. The second-order valence-electron chi connectivity index (χ2n) is 5.93. The van der Waals surface area contributed by atoms with E-state index in [1.165, 1.54) is 43.9 Å². The number of nitrogens with one attached hydrogen (secondary N) is 2. The lowest BCUT2D eigenvalue weighted by molar-refractivity contribution is -0.118. The van der Waals surface area contributed by atoms with Crippen molar-refractivity contribution in [2.24, 2.45) is 5.92 Å². The number of aromatic amines is 1. The Balaban J connectivity index is 1.43. The van der Waals surface area contributed by atoms with E-state index in [4.69, 9.17) is 0 Å². The van der Waals surface area contributed by atoms with Crippen LogP contribution in [0.4, 0.5) is 0 Å². The zero-order valence-electron chi connectivity index (χ0n) is 13.1. The summed E-state index contributed by atoms with van der Waals surface area (Å²) < 4.78 is 0. The molecule has 1 heterocycles. The lowest BCUT2D eigenvalue weighted by Crippen LogP contribution is -2.31. The van der Waals surface area contributed by atoms with Gasteiger partial charge in [-0.2, -0.15) is 0 Å².